The standard InChI is InChI=1S/C21H35N3O2/c1-12(2)23-21(26)24-11-3-4-17-15-5-6-16-13(7-8-18(16)20(22)25)14(15)9-10-19(17)24/h12-19H,3-11H2,1-2H3,(H2,22,25)(H,23,26). The van der Waals surface area contributed by atoms with Crippen molar-refractivity contribution in [1.82, 2.24) is 10.2 Å². The molecule has 0 radical (unpaired) electrons. The van der Waals surface area contributed by atoms with Crippen LogP contribution in [0.1, 0.15) is 65.2 Å². The van der Waals surface area contributed by atoms with Gasteiger partial charge in [0.1, 0.15) is 0 Å². The first-order chi connectivity index (χ1) is 12.5. The number of nitrogens with two attached hydrogens (primary N) is 1. The highest BCUT2D eigenvalue weighted by atomic mass is 16.2. The molecule has 3 saturated carbocycles. The van der Waals surface area contributed by atoms with Crippen LogP contribution >= 0.6 is 0 Å². The Balaban J connectivity index is 1.49. The third-order valence-corrected chi connectivity index (χ3v) is 8.03. The van der Waals surface area contributed by atoms with Gasteiger partial charge in [0.15, 0.2) is 0 Å². The summed E-state index contributed by atoms with van der Waals surface area (Å²) in [5.74, 6) is 3.45. The highest BCUT2D eigenvalue weighted by Crippen LogP contribution is 2.57. The van der Waals surface area contributed by atoms with Crippen molar-refractivity contribution in [2.24, 2.45) is 41.2 Å². The average Bonchev–Trinajstić information content (AvgIpc) is 3.04. The molecule has 3 aliphatic carbocycles. The fourth-order valence-corrected chi connectivity index (χ4v) is 7.18. The maximum Gasteiger partial charge on any atom is 0.317 e. The second kappa shape index (κ2) is 7.05. The van der Waals surface area contributed by atoms with Crippen molar-refractivity contribution in [2.45, 2.75) is 77.3 Å². The Morgan fingerprint density at radius 1 is 0.885 bits per heavy atom. The van der Waals surface area contributed by atoms with E-state index in [1.807, 2.05) is 13.8 Å². The van der Waals surface area contributed by atoms with E-state index in [0.29, 0.717) is 23.8 Å². The monoisotopic (exact) mass is 361 g/mol. The van der Waals surface area contributed by atoms with Crippen LogP contribution in [-0.2, 0) is 4.79 Å². The van der Waals surface area contributed by atoms with Gasteiger partial charge in [-0.25, -0.2) is 4.79 Å². The van der Waals surface area contributed by atoms with Crippen LogP contribution in [0.3, 0.4) is 0 Å². The second-order valence-electron chi connectivity index (χ2n) is 9.57. The number of primary amides is 1. The lowest BCUT2D eigenvalue weighted by Gasteiger charge is -2.54. The van der Waals surface area contributed by atoms with Gasteiger partial charge < -0.3 is 16.0 Å². The molecule has 5 nitrogen and oxygen atoms in total. The molecule has 4 fully saturated rings. The summed E-state index contributed by atoms with van der Waals surface area (Å²) in [6.07, 6.45) is 9.37. The van der Waals surface area contributed by atoms with Gasteiger partial charge in [0, 0.05) is 24.5 Å². The van der Waals surface area contributed by atoms with Crippen LogP contribution in [-0.4, -0.2) is 35.5 Å². The summed E-state index contributed by atoms with van der Waals surface area (Å²) in [4.78, 5) is 26.7. The fraction of sp³-hybridized carbons (Fsp3) is 0.905. The summed E-state index contributed by atoms with van der Waals surface area (Å²) in [5, 5.41) is 3.11. The van der Waals surface area contributed by atoms with Crippen molar-refractivity contribution in [3.63, 3.8) is 0 Å². The van der Waals surface area contributed by atoms with E-state index in [4.69, 9.17) is 5.73 Å². The number of carbonyl (C=O) groups excluding carboxylic acids is 2. The van der Waals surface area contributed by atoms with Gasteiger partial charge in [0.25, 0.3) is 0 Å². The SMILES string of the molecule is CC(C)NC(=O)N1CCCC2C3CCC4C(C(N)=O)CCC4C3CCC21. The molecule has 26 heavy (non-hydrogen) atoms. The molecule has 5 heteroatoms. The Morgan fingerprint density at radius 2 is 1.50 bits per heavy atom. The van der Waals surface area contributed by atoms with Crippen LogP contribution in [0.25, 0.3) is 0 Å². The van der Waals surface area contributed by atoms with Gasteiger partial charge in [0.2, 0.25) is 5.91 Å². The zero-order valence-electron chi connectivity index (χ0n) is 16.3. The summed E-state index contributed by atoms with van der Waals surface area (Å²) >= 11 is 0. The lowest BCUT2D eigenvalue weighted by molar-refractivity contribution is -0.124. The first-order valence-corrected chi connectivity index (χ1v) is 10.8. The van der Waals surface area contributed by atoms with Crippen molar-refractivity contribution < 1.29 is 9.59 Å². The molecule has 0 aromatic carbocycles. The normalized spacial score (nSPS) is 42.0. The summed E-state index contributed by atoms with van der Waals surface area (Å²) < 4.78 is 0. The van der Waals surface area contributed by atoms with Gasteiger partial charge in [-0.05, 0) is 94.8 Å². The van der Waals surface area contributed by atoms with E-state index in [9.17, 15) is 9.59 Å². The van der Waals surface area contributed by atoms with Crippen molar-refractivity contribution in [1.29, 1.82) is 0 Å². The van der Waals surface area contributed by atoms with E-state index in [0.717, 1.165) is 37.6 Å². The van der Waals surface area contributed by atoms with Crippen LogP contribution in [0.4, 0.5) is 4.79 Å². The van der Waals surface area contributed by atoms with E-state index < -0.39 is 0 Å². The van der Waals surface area contributed by atoms with Crippen LogP contribution in [0.5, 0.6) is 0 Å². The number of fused-ring (bicyclic) bond motifs is 5. The minimum Gasteiger partial charge on any atom is -0.369 e. The van der Waals surface area contributed by atoms with E-state index in [1.54, 1.807) is 0 Å². The van der Waals surface area contributed by atoms with Gasteiger partial charge >= 0.3 is 6.03 Å². The van der Waals surface area contributed by atoms with Crippen molar-refractivity contribution in [3.05, 3.63) is 0 Å². The number of rotatable bonds is 2. The molecule has 4 rings (SSSR count). The van der Waals surface area contributed by atoms with Gasteiger partial charge in [0.05, 0.1) is 0 Å². The van der Waals surface area contributed by atoms with E-state index in [1.165, 1.54) is 32.1 Å². The number of piperidine rings is 1. The molecule has 0 aromatic rings. The Bertz CT molecular complexity index is 563. The fourth-order valence-electron chi connectivity index (χ4n) is 7.18. The second-order valence-corrected chi connectivity index (χ2v) is 9.57. The van der Waals surface area contributed by atoms with E-state index >= 15 is 0 Å². The highest BCUT2D eigenvalue weighted by molar-refractivity contribution is 5.77. The Hall–Kier alpha value is -1.26. The molecule has 3 amide bonds. The molecule has 3 N–H and O–H groups in total. The summed E-state index contributed by atoms with van der Waals surface area (Å²) in [6, 6.07) is 0.754. The predicted molar refractivity (Wildman–Crippen MR) is 101 cm³/mol. The molecule has 7 unspecified atom stereocenters. The van der Waals surface area contributed by atoms with Crippen molar-refractivity contribution >= 4 is 11.9 Å². The molecule has 7 atom stereocenters. The molecular formula is C21H35N3O2. The maximum atomic E-state index is 12.7. The number of nitrogens with zero attached hydrogens (tertiary/aromatic N) is 1. The molecule has 0 spiro atoms. The van der Waals surface area contributed by atoms with Gasteiger partial charge in [-0.3, -0.25) is 4.79 Å². The first kappa shape index (κ1) is 18.1. The Morgan fingerprint density at radius 3 is 2.23 bits per heavy atom. The van der Waals surface area contributed by atoms with Gasteiger partial charge in [-0.2, -0.15) is 0 Å². The molecule has 0 bridgehead atoms. The number of carbonyl (C=O) groups is 2. The third-order valence-electron chi connectivity index (χ3n) is 8.03. The number of hydrogen-bond donors (Lipinski definition) is 2. The van der Waals surface area contributed by atoms with Crippen LogP contribution in [0.15, 0.2) is 0 Å². The zero-order valence-corrected chi connectivity index (χ0v) is 16.3. The zero-order chi connectivity index (χ0) is 18.4. The smallest absolute Gasteiger partial charge is 0.317 e. The highest BCUT2D eigenvalue weighted by Gasteiger charge is 2.53. The third kappa shape index (κ3) is 3.01. The lowest BCUT2D eigenvalue weighted by Crippen LogP contribution is -2.58. The average molecular weight is 362 g/mol. The van der Waals surface area contributed by atoms with Crippen molar-refractivity contribution in [3.8, 4) is 0 Å². The summed E-state index contributed by atoms with van der Waals surface area (Å²) in [7, 11) is 0. The number of hydrogen-bond acceptors (Lipinski definition) is 2. The van der Waals surface area contributed by atoms with Crippen LogP contribution in [0.2, 0.25) is 0 Å². The number of likely N-dealkylation sites (tertiary alicyclic amines) is 1. The Kier molecular flexibility index (Phi) is 4.91. The lowest BCUT2D eigenvalue weighted by atomic mass is 9.55. The predicted octanol–water partition coefficient (Wildman–Crippen LogP) is 3.13. The van der Waals surface area contributed by atoms with Crippen molar-refractivity contribution in [2.75, 3.05) is 6.54 Å². The van der Waals surface area contributed by atoms with Crippen LogP contribution < -0.4 is 11.1 Å². The number of urea groups is 1. The van der Waals surface area contributed by atoms with Gasteiger partial charge in [-0.1, -0.05) is 0 Å². The largest absolute Gasteiger partial charge is 0.369 e. The maximum absolute atomic E-state index is 12.7. The minimum atomic E-state index is -0.0705. The molecular weight excluding hydrogens is 326 g/mol. The summed E-state index contributed by atoms with van der Waals surface area (Å²) in [6.45, 7) is 4.98. The molecule has 1 heterocycles. The Labute approximate surface area is 157 Å². The quantitative estimate of drug-likeness (QED) is 0.793. The molecule has 4 aliphatic rings. The molecule has 146 valence electrons. The van der Waals surface area contributed by atoms with Gasteiger partial charge in [-0.15, -0.1) is 0 Å². The molecule has 1 saturated heterocycles. The molecule has 1 aliphatic heterocycles. The number of amides is 3. The van der Waals surface area contributed by atoms with E-state index in [-0.39, 0.29) is 23.9 Å². The minimum absolute atomic E-state index is 0.0705. The number of nitrogens with one attached hydrogen (secondary N) is 1. The van der Waals surface area contributed by atoms with Crippen LogP contribution in [0, 0.1) is 35.5 Å². The van der Waals surface area contributed by atoms with E-state index in [2.05, 4.69) is 10.2 Å². The first-order valence-electron chi connectivity index (χ1n) is 10.8. The molecule has 0 aromatic heterocycles. The topological polar surface area (TPSA) is 75.4 Å². The summed E-state index contributed by atoms with van der Waals surface area (Å²) in [5.41, 5.74) is 5.68.